The fraction of sp³-hybridized carbons (Fsp3) is 0.600. The predicted molar refractivity (Wildman–Crippen MR) is 61.9 cm³/mol. The van der Waals surface area contributed by atoms with E-state index in [9.17, 15) is 18.0 Å². The number of carboxylic acids is 1. The maximum Gasteiger partial charge on any atom is 0.401 e. The van der Waals surface area contributed by atoms with Crippen molar-refractivity contribution in [3.05, 3.63) is 16.4 Å². The van der Waals surface area contributed by atoms with Crippen LogP contribution in [0.5, 0.6) is 0 Å². The molecule has 0 aliphatic rings. The van der Waals surface area contributed by atoms with Crippen molar-refractivity contribution < 1.29 is 23.1 Å². The van der Waals surface area contributed by atoms with E-state index in [4.69, 9.17) is 16.7 Å². The fourth-order valence-corrected chi connectivity index (χ4v) is 1.90. The second kappa shape index (κ2) is 5.79. The molecule has 0 bridgehead atoms. The first kappa shape index (κ1) is 15.8. The van der Waals surface area contributed by atoms with Gasteiger partial charge in [0.15, 0.2) is 0 Å². The van der Waals surface area contributed by atoms with Gasteiger partial charge in [-0.15, -0.1) is 0 Å². The molecule has 0 aliphatic carbocycles. The van der Waals surface area contributed by atoms with Gasteiger partial charge in [-0.05, 0) is 6.92 Å². The summed E-state index contributed by atoms with van der Waals surface area (Å²) in [4.78, 5) is 11.4. The van der Waals surface area contributed by atoms with Crippen molar-refractivity contribution in [1.82, 2.24) is 14.7 Å². The van der Waals surface area contributed by atoms with E-state index < -0.39 is 25.2 Å². The monoisotopic (exact) mass is 299 g/mol. The van der Waals surface area contributed by atoms with Crippen LogP contribution >= 0.6 is 11.6 Å². The lowest BCUT2D eigenvalue weighted by atomic mass is 10.3. The van der Waals surface area contributed by atoms with E-state index >= 15 is 0 Å². The van der Waals surface area contributed by atoms with Gasteiger partial charge in [0, 0.05) is 13.6 Å². The lowest BCUT2D eigenvalue weighted by Crippen LogP contribution is -2.37. The Balaban J connectivity index is 2.90. The summed E-state index contributed by atoms with van der Waals surface area (Å²) in [6.45, 7) is -0.654. The third kappa shape index (κ3) is 4.71. The minimum absolute atomic E-state index is 0.234. The molecule has 0 unspecified atom stereocenters. The van der Waals surface area contributed by atoms with E-state index in [0.29, 0.717) is 11.4 Å². The molecule has 1 aromatic rings. The summed E-state index contributed by atoms with van der Waals surface area (Å²) in [6, 6.07) is 0. The molecule has 0 amide bonds. The number of hydrogen-bond acceptors (Lipinski definition) is 3. The van der Waals surface area contributed by atoms with Gasteiger partial charge in [0.25, 0.3) is 0 Å². The largest absolute Gasteiger partial charge is 0.480 e. The quantitative estimate of drug-likeness (QED) is 0.901. The lowest BCUT2D eigenvalue weighted by molar-refractivity contribution is -0.155. The van der Waals surface area contributed by atoms with E-state index in [1.165, 1.54) is 4.68 Å². The Morgan fingerprint density at radius 3 is 2.47 bits per heavy atom. The highest BCUT2D eigenvalue weighted by Gasteiger charge is 2.32. The molecule has 1 rings (SSSR count). The first-order chi connectivity index (χ1) is 8.60. The van der Waals surface area contributed by atoms with Crippen LogP contribution in [0.15, 0.2) is 0 Å². The summed E-state index contributed by atoms with van der Waals surface area (Å²) in [5.41, 5.74) is 0.839. The zero-order chi connectivity index (χ0) is 14.8. The molecule has 0 saturated heterocycles. The van der Waals surface area contributed by atoms with Crippen LogP contribution < -0.4 is 0 Å². The molecule has 0 aromatic carbocycles. The van der Waals surface area contributed by atoms with Crippen LogP contribution in [0, 0.1) is 6.92 Å². The van der Waals surface area contributed by atoms with Crippen LogP contribution in [0.2, 0.25) is 5.02 Å². The summed E-state index contributed by atoms with van der Waals surface area (Å²) in [7, 11) is 1.54. The van der Waals surface area contributed by atoms with E-state index in [-0.39, 0.29) is 11.6 Å². The van der Waals surface area contributed by atoms with Gasteiger partial charge in [-0.1, -0.05) is 11.6 Å². The van der Waals surface area contributed by atoms with Gasteiger partial charge in [0.05, 0.1) is 29.5 Å². The number of alkyl halides is 3. The van der Waals surface area contributed by atoms with Crippen molar-refractivity contribution in [2.24, 2.45) is 7.05 Å². The SMILES string of the molecule is Cc1nn(C)c(CN(CC(=O)O)CC(F)(F)F)c1Cl. The number of aromatic nitrogens is 2. The maximum absolute atomic E-state index is 12.4. The second-order valence-electron chi connectivity index (χ2n) is 4.12. The van der Waals surface area contributed by atoms with Gasteiger partial charge in [-0.3, -0.25) is 14.4 Å². The van der Waals surface area contributed by atoms with Gasteiger partial charge in [0.2, 0.25) is 0 Å². The first-order valence-corrected chi connectivity index (χ1v) is 5.67. The average molecular weight is 300 g/mol. The van der Waals surface area contributed by atoms with Crippen LogP contribution in [0.25, 0.3) is 0 Å². The number of aryl methyl sites for hydroxylation is 2. The highest BCUT2D eigenvalue weighted by Crippen LogP contribution is 2.23. The molecule has 0 atom stereocenters. The van der Waals surface area contributed by atoms with Crippen molar-refractivity contribution in [3.63, 3.8) is 0 Å². The van der Waals surface area contributed by atoms with Gasteiger partial charge in [0.1, 0.15) is 0 Å². The van der Waals surface area contributed by atoms with E-state index in [0.717, 1.165) is 4.90 Å². The third-order valence-electron chi connectivity index (χ3n) is 2.40. The summed E-state index contributed by atoms with van der Waals surface area (Å²) in [5, 5.41) is 12.9. The van der Waals surface area contributed by atoms with Crippen molar-refractivity contribution >= 4 is 17.6 Å². The summed E-state index contributed by atoms with van der Waals surface area (Å²) in [5.74, 6) is -1.33. The number of carbonyl (C=O) groups is 1. The number of aliphatic carboxylic acids is 1. The molecule has 0 radical (unpaired) electrons. The maximum atomic E-state index is 12.4. The minimum atomic E-state index is -4.48. The number of carboxylic acid groups (broad SMARTS) is 1. The van der Waals surface area contributed by atoms with Crippen LogP contribution in [0.4, 0.5) is 13.2 Å². The van der Waals surface area contributed by atoms with Crippen LogP contribution in [-0.2, 0) is 18.4 Å². The Hall–Kier alpha value is -1.28. The number of halogens is 4. The van der Waals surface area contributed by atoms with Gasteiger partial charge in [-0.2, -0.15) is 18.3 Å². The molecule has 0 spiro atoms. The minimum Gasteiger partial charge on any atom is -0.480 e. The average Bonchev–Trinajstić information content (AvgIpc) is 2.41. The Bertz CT molecular complexity index is 473. The Morgan fingerprint density at radius 1 is 1.53 bits per heavy atom. The van der Waals surface area contributed by atoms with E-state index in [2.05, 4.69) is 5.10 Å². The summed E-state index contributed by atoms with van der Waals surface area (Å²) < 4.78 is 38.5. The fourth-order valence-electron chi connectivity index (χ4n) is 1.68. The topological polar surface area (TPSA) is 58.4 Å². The molecule has 1 aromatic heterocycles. The second-order valence-corrected chi connectivity index (χ2v) is 4.50. The molecule has 9 heteroatoms. The van der Waals surface area contributed by atoms with Crippen molar-refractivity contribution in [2.75, 3.05) is 13.1 Å². The predicted octanol–water partition coefficient (Wildman–Crippen LogP) is 1.83. The molecular formula is C10H13ClF3N3O2. The molecule has 1 heterocycles. The Kier molecular flexibility index (Phi) is 4.81. The molecule has 0 saturated carbocycles. The van der Waals surface area contributed by atoms with Gasteiger partial charge < -0.3 is 5.11 Å². The van der Waals surface area contributed by atoms with Gasteiger partial charge in [-0.25, -0.2) is 0 Å². The molecule has 0 aliphatic heterocycles. The highest BCUT2D eigenvalue weighted by molar-refractivity contribution is 6.31. The summed E-state index contributed by atoms with van der Waals surface area (Å²) >= 11 is 5.93. The smallest absolute Gasteiger partial charge is 0.401 e. The van der Waals surface area contributed by atoms with Crippen LogP contribution in [-0.4, -0.2) is 45.0 Å². The highest BCUT2D eigenvalue weighted by atomic mass is 35.5. The van der Waals surface area contributed by atoms with Crippen molar-refractivity contribution in [1.29, 1.82) is 0 Å². The molecule has 19 heavy (non-hydrogen) atoms. The lowest BCUT2D eigenvalue weighted by Gasteiger charge is -2.21. The Morgan fingerprint density at radius 2 is 2.11 bits per heavy atom. The van der Waals surface area contributed by atoms with Crippen molar-refractivity contribution in [3.8, 4) is 0 Å². The standard InChI is InChI=1S/C10H13ClF3N3O2/c1-6-9(11)7(16(2)15-6)3-17(4-8(18)19)5-10(12,13)14/h3-5H2,1-2H3,(H,18,19). The summed E-state index contributed by atoms with van der Waals surface area (Å²) in [6.07, 6.45) is -4.48. The normalized spacial score (nSPS) is 12.2. The number of rotatable bonds is 5. The van der Waals surface area contributed by atoms with Gasteiger partial charge >= 0.3 is 12.1 Å². The number of hydrogen-bond donors (Lipinski definition) is 1. The van der Waals surface area contributed by atoms with E-state index in [1.807, 2.05) is 0 Å². The molecule has 1 N–H and O–H groups in total. The number of nitrogens with zero attached hydrogens (tertiary/aromatic N) is 3. The molecule has 0 fully saturated rings. The molecule has 5 nitrogen and oxygen atoms in total. The third-order valence-corrected chi connectivity index (χ3v) is 2.89. The zero-order valence-corrected chi connectivity index (χ0v) is 11.1. The van der Waals surface area contributed by atoms with Crippen LogP contribution in [0.1, 0.15) is 11.4 Å². The Labute approximate surface area is 112 Å². The zero-order valence-electron chi connectivity index (χ0n) is 10.3. The molecule has 108 valence electrons. The van der Waals surface area contributed by atoms with Crippen LogP contribution in [0.3, 0.4) is 0 Å². The van der Waals surface area contributed by atoms with Crippen molar-refractivity contribution in [2.45, 2.75) is 19.6 Å². The first-order valence-electron chi connectivity index (χ1n) is 5.29. The van der Waals surface area contributed by atoms with E-state index in [1.54, 1.807) is 14.0 Å². The molecular weight excluding hydrogens is 287 g/mol.